The topological polar surface area (TPSA) is 48.5 Å². The Morgan fingerprint density at radius 3 is 1.68 bits per heavy atom. The Morgan fingerprint density at radius 1 is 0.447 bits per heavy atom. The molecule has 0 atom stereocenters. The lowest BCUT2D eigenvalue weighted by Crippen LogP contribution is -2.04. The first kappa shape index (κ1) is 20.9. The number of benzene rings is 5. The Balaban J connectivity index is 1.57. The molecular formula is C33H21N5. The van der Waals surface area contributed by atoms with Crippen LogP contribution in [-0.4, -0.2) is 24.1 Å². The summed E-state index contributed by atoms with van der Waals surface area (Å²) in [7, 11) is 0. The molecule has 0 bridgehead atoms. The molecule has 0 aliphatic heterocycles. The molecule has 8 rings (SSSR count). The Kier molecular flexibility index (Phi) is 4.45. The summed E-state index contributed by atoms with van der Waals surface area (Å²) in [5.74, 6) is 1.25. The SMILES string of the molecule is c1ccc(-c2ncnc(-n3c4ccccc4c4ccc5c6ccccc6n(-c6ccccc6)c5c43)n2)cc1. The molecule has 5 aromatic carbocycles. The second-order valence-electron chi connectivity index (χ2n) is 9.37. The van der Waals surface area contributed by atoms with Crippen LogP contribution in [0.25, 0.3) is 66.6 Å². The lowest BCUT2D eigenvalue weighted by Gasteiger charge is -2.11. The molecule has 0 fully saturated rings. The molecule has 0 saturated carbocycles. The van der Waals surface area contributed by atoms with Gasteiger partial charge in [-0.25, -0.2) is 9.97 Å². The normalized spacial score (nSPS) is 11.7. The highest BCUT2D eigenvalue weighted by Gasteiger charge is 2.22. The van der Waals surface area contributed by atoms with E-state index >= 15 is 0 Å². The lowest BCUT2D eigenvalue weighted by molar-refractivity contribution is 0.946. The monoisotopic (exact) mass is 487 g/mol. The lowest BCUT2D eigenvalue weighted by atomic mass is 10.1. The van der Waals surface area contributed by atoms with Gasteiger partial charge in [-0.05, 0) is 24.3 Å². The van der Waals surface area contributed by atoms with Gasteiger partial charge in [0.1, 0.15) is 6.33 Å². The molecule has 0 spiro atoms. The zero-order valence-corrected chi connectivity index (χ0v) is 20.4. The molecule has 0 aliphatic rings. The van der Waals surface area contributed by atoms with Crippen LogP contribution < -0.4 is 0 Å². The summed E-state index contributed by atoms with van der Waals surface area (Å²) in [5, 5.41) is 4.73. The molecular weight excluding hydrogens is 466 g/mol. The summed E-state index contributed by atoms with van der Waals surface area (Å²) in [5.41, 5.74) is 6.51. The van der Waals surface area contributed by atoms with Crippen molar-refractivity contribution in [2.45, 2.75) is 0 Å². The minimum absolute atomic E-state index is 0.599. The third kappa shape index (κ3) is 2.96. The van der Waals surface area contributed by atoms with Crippen molar-refractivity contribution < 1.29 is 0 Å². The molecule has 3 heterocycles. The molecule has 0 radical (unpaired) electrons. The average Bonchev–Trinajstić information content (AvgIpc) is 3.51. The molecule has 0 amide bonds. The van der Waals surface area contributed by atoms with Crippen LogP contribution in [-0.2, 0) is 0 Å². The fourth-order valence-corrected chi connectivity index (χ4v) is 5.68. The molecule has 0 saturated heterocycles. The standard InChI is InChI=1S/C33H21N5/c1-3-11-22(12-4-1)32-34-21-35-33(36-32)38-29-18-10-8-16-25(29)27-20-19-26-24-15-7-9-17-28(24)37(30(26)31(27)38)23-13-5-2-6-14-23/h1-21H. The smallest absolute Gasteiger partial charge is 0.238 e. The second kappa shape index (κ2) is 8.11. The van der Waals surface area contributed by atoms with Gasteiger partial charge in [-0.15, -0.1) is 0 Å². The third-order valence-electron chi connectivity index (χ3n) is 7.27. The quantitative estimate of drug-likeness (QED) is 0.256. The Hall–Kier alpha value is -5.29. The highest BCUT2D eigenvalue weighted by Crippen LogP contribution is 2.41. The van der Waals surface area contributed by atoms with Crippen molar-refractivity contribution in [2.24, 2.45) is 0 Å². The van der Waals surface area contributed by atoms with E-state index in [0.29, 0.717) is 11.8 Å². The van der Waals surface area contributed by atoms with Gasteiger partial charge in [-0.1, -0.05) is 97.1 Å². The Bertz CT molecular complexity index is 2120. The van der Waals surface area contributed by atoms with Gasteiger partial charge in [-0.2, -0.15) is 4.98 Å². The Morgan fingerprint density at radius 2 is 1.00 bits per heavy atom. The van der Waals surface area contributed by atoms with Crippen LogP contribution in [0.4, 0.5) is 0 Å². The van der Waals surface area contributed by atoms with Crippen molar-refractivity contribution in [3.05, 3.63) is 128 Å². The van der Waals surface area contributed by atoms with E-state index in [-0.39, 0.29) is 0 Å². The number of fused-ring (bicyclic) bond motifs is 7. The molecule has 3 aromatic heterocycles. The van der Waals surface area contributed by atoms with Crippen LogP contribution in [0, 0.1) is 0 Å². The van der Waals surface area contributed by atoms with Gasteiger partial charge in [0.05, 0.1) is 22.1 Å². The van der Waals surface area contributed by atoms with Gasteiger partial charge >= 0.3 is 0 Å². The van der Waals surface area contributed by atoms with E-state index in [1.54, 1.807) is 6.33 Å². The van der Waals surface area contributed by atoms with Gasteiger partial charge < -0.3 is 4.57 Å². The summed E-state index contributed by atoms with van der Waals surface area (Å²) >= 11 is 0. The molecule has 38 heavy (non-hydrogen) atoms. The first-order valence-corrected chi connectivity index (χ1v) is 12.6. The fraction of sp³-hybridized carbons (Fsp3) is 0. The zero-order chi connectivity index (χ0) is 25.1. The number of rotatable bonds is 3. The van der Waals surface area contributed by atoms with E-state index in [4.69, 9.17) is 9.97 Å². The third-order valence-corrected chi connectivity index (χ3v) is 7.27. The van der Waals surface area contributed by atoms with E-state index < -0.39 is 0 Å². The second-order valence-corrected chi connectivity index (χ2v) is 9.37. The van der Waals surface area contributed by atoms with Crippen molar-refractivity contribution in [1.29, 1.82) is 0 Å². The average molecular weight is 488 g/mol. The van der Waals surface area contributed by atoms with E-state index in [9.17, 15) is 0 Å². The van der Waals surface area contributed by atoms with Crippen molar-refractivity contribution in [3.63, 3.8) is 0 Å². The van der Waals surface area contributed by atoms with Gasteiger partial charge in [0.15, 0.2) is 5.82 Å². The number of para-hydroxylation sites is 3. The number of aromatic nitrogens is 5. The maximum Gasteiger partial charge on any atom is 0.238 e. The van der Waals surface area contributed by atoms with Gasteiger partial charge in [0.2, 0.25) is 5.95 Å². The summed E-state index contributed by atoms with van der Waals surface area (Å²) < 4.78 is 4.56. The zero-order valence-electron chi connectivity index (χ0n) is 20.4. The van der Waals surface area contributed by atoms with Crippen LogP contribution in [0.5, 0.6) is 0 Å². The number of hydrogen-bond acceptors (Lipinski definition) is 3. The van der Waals surface area contributed by atoms with E-state index in [2.05, 4.69) is 105 Å². The van der Waals surface area contributed by atoms with Crippen molar-refractivity contribution in [3.8, 4) is 23.0 Å². The minimum atomic E-state index is 0.599. The summed E-state index contributed by atoms with van der Waals surface area (Å²) in [4.78, 5) is 14.2. The molecule has 8 aromatic rings. The van der Waals surface area contributed by atoms with Gasteiger partial charge in [0, 0.05) is 32.8 Å². The van der Waals surface area contributed by atoms with Gasteiger partial charge in [0.25, 0.3) is 0 Å². The number of hydrogen-bond donors (Lipinski definition) is 0. The molecule has 5 nitrogen and oxygen atoms in total. The predicted molar refractivity (Wildman–Crippen MR) is 154 cm³/mol. The largest absolute Gasteiger partial charge is 0.307 e. The van der Waals surface area contributed by atoms with Crippen LogP contribution in [0.2, 0.25) is 0 Å². The van der Waals surface area contributed by atoms with Crippen LogP contribution in [0.3, 0.4) is 0 Å². The van der Waals surface area contributed by atoms with Crippen LogP contribution in [0.1, 0.15) is 0 Å². The highest BCUT2D eigenvalue weighted by molar-refractivity contribution is 6.23. The van der Waals surface area contributed by atoms with E-state index in [1.165, 1.54) is 16.3 Å². The molecule has 178 valence electrons. The molecule has 0 aliphatic carbocycles. The summed E-state index contributed by atoms with van der Waals surface area (Å²) in [6.45, 7) is 0. The predicted octanol–water partition coefficient (Wildman–Crippen LogP) is 7.73. The summed E-state index contributed by atoms with van der Waals surface area (Å²) in [6.07, 6.45) is 1.61. The van der Waals surface area contributed by atoms with E-state index in [0.717, 1.165) is 38.6 Å². The number of nitrogens with zero attached hydrogens (tertiary/aromatic N) is 5. The molecule has 5 heteroatoms. The van der Waals surface area contributed by atoms with Crippen molar-refractivity contribution >= 4 is 43.6 Å². The maximum absolute atomic E-state index is 4.98. The first-order chi connectivity index (χ1) is 18.9. The Labute approximate surface area is 218 Å². The highest BCUT2D eigenvalue weighted by atomic mass is 15.2. The fourth-order valence-electron chi connectivity index (χ4n) is 5.68. The molecule has 0 N–H and O–H groups in total. The van der Waals surface area contributed by atoms with E-state index in [1.807, 2.05) is 30.3 Å². The van der Waals surface area contributed by atoms with Crippen molar-refractivity contribution in [2.75, 3.05) is 0 Å². The van der Waals surface area contributed by atoms with Gasteiger partial charge in [-0.3, -0.25) is 4.57 Å². The van der Waals surface area contributed by atoms with Crippen LogP contribution in [0.15, 0.2) is 128 Å². The summed E-state index contributed by atoms with van der Waals surface area (Å²) in [6, 6.07) is 42.2. The van der Waals surface area contributed by atoms with Crippen molar-refractivity contribution in [1.82, 2.24) is 24.1 Å². The maximum atomic E-state index is 4.98. The minimum Gasteiger partial charge on any atom is -0.307 e. The molecule has 0 unspecified atom stereocenters. The first-order valence-electron chi connectivity index (χ1n) is 12.6. The van der Waals surface area contributed by atoms with Crippen LogP contribution >= 0.6 is 0 Å².